The van der Waals surface area contributed by atoms with Crippen molar-refractivity contribution in [1.82, 2.24) is 10.6 Å². The van der Waals surface area contributed by atoms with Gasteiger partial charge >= 0.3 is 0 Å². The molecule has 0 radical (unpaired) electrons. The normalized spacial score (nSPS) is 27.9. The number of hydrogen-bond donors (Lipinski definition) is 2. The Bertz CT molecular complexity index is 213. The summed E-state index contributed by atoms with van der Waals surface area (Å²) in [7, 11) is 0. The van der Waals surface area contributed by atoms with E-state index in [1.807, 2.05) is 11.8 Å². The quantitative estimate of drug-likeness (QED) is 0.776. The summed E-state index contributed by atoms with van der Waals surface area (Å²) in [6.45, 7) is 0.877. The third-order valence-corrected chi connectivity index (χ3v) is 4.93. The van der Waals surface area contributed by atoms with Crippen LogP contribution in [0.3, 0.4) is 0 Å². The number of carbonyl (C=O) groups excluding carboxylic acids is 1. The molecule has 1 atom stereocenters. The predicted molar refractivity (Wildman–Crippen MR) is 67.3 cm³/mol. The van der Waals surface area contributed by atoms with Gasteiger partial charge in [-0.3, -0.25) is 10.1 Å². The fourth-order valence-corrected chi connectivity index (χ4v) is 4.03. The van der Waals surface area contributed by atoms with Crippen molar-refractivity contribution in [3.05, 3.63) is 0 Å². The first-order valence-electron chi connectivity index (χ1n) is 5.53. The van der Waals surface area contributed by atoms with Crippen molar-refractivity contribution in [2.45, 2.75) is 18.9 Å². The Labute approximate surface area is 99.5 Å². The van der Waals surface area contributed by atoms with Gasteiger partial charge in [-0.05, 0) is 30.3 Å². The molecule has 2 rings (SSSR count). The highest BCUT2D eigenvalue weighted by Crippen LogP contribution is 2.21. The maximum absolute atomic E-state index is 11.7. The summed E-state index contributed by atoms with van der Waals surface area (Å²) in [5.74, 6) is 5.27. The smallest absolute Gasteiger partial charge is 0.238 e. The molecule has 2 aliphatic heterocycles. The molecule has 2 saturated heterocycles. The molecule has 0 aliphatic carbocycles. The van der Waals surface area contributed by atoms with Gasteiger partial charge < -0.3 is 5.32 Å². The average molecular weight is 246 g/mol. The molecule has 0 aromatic rings. The molecule has 1 amide bonds. The van der Waals surface area contributed by atoms with Crippen LogP contribution in [0.25, 0.3) is 0 Å². The van der Waals surface area contributed by atoms with Crippen LogP contribution in [0, 0.1) is 5.92 Å². The Morgan fingerprint density at radius 3 is 2.80 bits per heavy atom. The highest BCUT2D eigenvalue weighted by Gasteiger charge is 2.23. The van der Waals surface area contributed by atoms with Gasteiger partial charge in [-0.2, -0.15) is 11.8 Å². The summed E-state index contributed by atoms with van der Waals surface area (Å²) >= 11 is 3.83. The lowest BCUT2D eigenvalue weighted by molar-refractivity contribution is -0.122. The van der Waals surface area contributed by atoms with Gasteiger partial charge in [0.05, 0.1) is 6.04 Å². The van der Waals surface area contributed by atoms with E-state index in [4.69, 9.17) is 0 Å². The molecule has 5 heteroatoms. The molecule has 86 valence electrons. The Balaban J connectivity index is 1.65. The van der Waals surface area contributed by atoms with Gasteiger partial charge in [0.2, 0.25) is 5.91 Å². The molecule has 2 N–H and O–H groups in total. The number of nitrogens with one attached hydrogen (secondary N) is 2. The standard InChI is InChI=1S/C10H18N2OS2/c13-10(9-6-15-7-12-9)11-5-8-1-3-14-4-2-8/h8-9,12H,1-7H2,(H,11,13). The van der Waals surface area contributed by atoms with Gasteiger partial charge in [-0.1, -0.05) is 0 Å². The van der Waals surface area contributed by atoms with E-state index in [1.54, 1.807) is 11.8 Å². The van der Waals surface area contributed by atoms with Crippen LogP contribution >= 0.6 is 23.5 Å². The molecule has 2 aliphatic rings. The first kappa shape index (κ1) is 11.6. The third kappa shape index (κ3) is 3.57. The van der Waals surface area contributed by atoms with Crippen LogP contribution in [0.4, 0.5) is 0 Å². The number of thioether (sulfide) groups is 2. The van der Waals surface area contributed by atoms with Gasteiger partial charge in [0.1, 0.15) is 0 Å². The van der Waals surface area contributed by atoms with Crippen molar-refractivity contribution in [1.29, 1.82) is 0 Å². The molecular weight excluding hydrogens is 228 g/mol. The molecule has 3 nitrogen and oxygen atoms in total. The minimum absolute atomic E-state index is 0.0490. The van der Waals surface area contributed by atoms with Crippen molar-refractivity contribution in [3.8, 4) is 0 Å². The van der Waals surface area contributed by atoms with Gasteiger partial charge in [0.15, 0.2) is 0 Å². The van der Waals surface area contributed by atoms with Gasteiger partial charge in [0, 0.05) is 18.2 Å². The largest absolute Gasteiger partial charge is 0.354 e. The highest BCUT2D eigenvalue weighted by molar-refractivity contribution is 7.99. The Hall–Kier alpha value is 0.130. The van der Waals surface area contributed by atoms with Crippen LogP contribution in [0.15, 0.2) is 0 Å². The van der Waals surface area contributed by atoms with Crippen LogP contribution in [0.5, 0.6) is 0 Å². The summed E-state index contributed by atoms with van der Waals surface area (Å²) in [5, 5.41) is 6.26. The van der Waals surface area contributed by atoms with Crippen molar-refractivity contribution < 1.29 is 4.79 Å². The molecule has 15 heavy (non-hydrogen) atoms. The van der Waals surface area contributed by atoms with E-state index in [-0.39, 0.29) is 11.9 Å². The second-order valence-electron chi connectivity index (χ2n) is 4.07. The number of amides is 1. The topological polar surface area (TPSA) is 41.1 Å². The zero-order valence-corrected chi connectivity index (χ0v) is 10.5. The Morgan fingerprint density at radius 2 is 2.13 bits per heavy atom. The lowest BCUT2D eigenvalue weighted by atomic mass is 10.0. The average Bonchev–Trinajstić information content (AvgIpc) is 2.81. The SMILES string of the molecule is O=C(NCC1CCSCC1)C1CSCN1. The summed E-state index contributed by atoms with van der Waals surface area (Å²) in [4.78, 5) is 11.7. The second kappa shape index (κ2) is 6.01. The van der Waals surface area contributed by atoms with E-state index in [9.17, 15) is 4.79 Å². The summed E-state index contributed by atoms with van der Waals surface area (Å²) in [6, 6.07) is 0.0490. The molecule has 0 bridgehead atoms. The maximum Gasteiger partial charge on any atom is 0.238 e. The fraction of sp³-hybridized carbons (Fsp3) is 0.900. The minimum atomic E-state index is 0.0490. The first-order chi connectivity index (χ1) is 7.36. The zero-order chi connectivity index (χ0) is 10.5. The third-order valence-electron chi connectivity index (χ3n) is 2.94. The van der Waals surface area contributed by atoms with Gasteiger partial charge in [-0.15, -0.1) is 11.8 Å². The predicted octanol–water partition coefficient (Wildman–Crippen LogP) is 0.908. The molecule has 0 aromatic carbocycles. The van der Waals surface area contributed by atoms with Crippen molar-refractivity contribution in [2.75, 3.05) is 29.7 Å². The molecule has 0 saturated carbocycles. The summed E-state index contributed by atoms with van der Waals surface area (Å²) in [5.41, 5.74) is 0. The van der Waals surface area contributed by atoms with E-state index in [0.29, 0.717) is 5.92 Å². The molecule has 2 heterocycles. The van der Waals surface area contributed by atoms with E-state index in [2.05, 4.69) is 10.6 Å². The summed E-state index contributed by atoms with van der Waals surface area (Å²) < 4.78 is 0. The molecule has 2 fully saturated rings. The van der Waals surface area contributed by atoms with E-state index < -0.39 is 0 Å². The number of rotatable bonds is 3. The lowest BCUT2D eigenvalue weighted by Gasteiger charge is -2.22. The highest BCUT2D eigenvalue weighted by atomic mass is 32.2. The Kier molecular flexibility index (Phi) is 4.65. The van der Waals surface area contributed by atoms with E-state index in [1.165, 1.54) is 24.3 Å². The number of hydrogen-bond acceptors (Lipinski definition) is 4. The molecular formula is C10H18N2OS2. The summed E-state index contributed by atoms with van der Waals surface area (Å²) in [6.07, 6.45) is 2.52. The fourth-order valence-electron chi connectivity index (χ4n) is 1.88. The minimum Gasteiger partial charge on any atom is -0.354 e. The Morgan fingerprint density at radius 1 is 1.33 bits per heavy atom. The molecule has 0 aromatic heterocycles. The monoisotopic (exact) mass is 246 g/mol. The molecule has 1 unspecified atom stereocenters. The lowest BCUT2D eigenvalue weighted by Crippen LogP contribution is -2.43. The van der Waals surface area contributed by atoms with Gasteiger partial charge in [0.25, 0.3) is 0 Å². The van der Waals surface area contributed by atoms with E-state index in [0.717, 1.165) is 18.2 Å². The number of carbonyl (C=O) groups is 1. The first-order valence-corrected chi connectivity index (χ1v) is 7.84. The second-order valence-corrected chi connectivity index (χ2v) is 6.33. The van der Waals surface area contributed by atoms with Crippen molar-refractivity contribution in [2.24, 2.45) is 5.92 Å². The van der Waals surface area contributed by atoms with Crippen LogP contribution in [0.1, 0.15) is 12.8 Å². The zero-order valence-electron chi connectivity index (χ0n) is 8.83. The maximum atomic E-state index is 11.7. The van der Waals surface area contributed by atoms with Crippen molar-refractivity contribution in [3.63, 3.8) is 0 Å². The van der Waals surface area contributed by atoms with Crippen molar-refractivity contribution >= 4 is 29.4 Å². The van der Waals surface area contributed by atoms with Crippen LogP contribution in [-0.4, -0.2) is 41.6 Å². The van der Waals surface area contributed by atoms with E-state index >= 15 is 0 Å². The van der Waals surface area contributed by atoms with Crippen LogP contribution in [-0.2, 0) is 4.79 Å². The van der Waals surface area contributed by atoms with Crippen LogP contribution in [0.2, 0.25) is 0 Å². The van der Waals surface area contributed by atoms with Crippen LogP contribution < -0.4 is 10.6 Å². The van der Waals surface area contributed by atoms with Gasteiger partial charge in [-0.25, -0.2) is 0 Å². The molecule has 0 spiro atoms.